The fourth-order valence-electron chi connectivity index (χ4n) is 2.93. The van der Waals surface area contributed by atoms with Crippen LogP contribution in [0.25, 0.3) is 0 Å². The highest BCUT2D eigenvalue weighted by atomic mass is 32.2. The Morgan fingerprint density at radius 2 is 1.74 bits per heavy atom. The van der Waals surface area contributed by atoms with Gasteiger partial charge in [-0.05, 0) is 42.5 Å². The molecule has 2 aromatic heterocycles. The monoisotopic (exact) mass is 402 g/mol. The molecule has 0 aliphatic rings. The third-order valence-electron chi connectivity index (χ3n) is 4.70. The van der Waals surface area contributed by atoms with Gasteiger partial charge in [-0.3, -0.25) is 9.59 Å². The van der Waals surface area contributed by atoms with Crippen LogP contribution in [-0.2, 0) is 25.2 Å². The van der Waals surface area contributed by atoms with Gasteiger partial charge in [0, 0.05) is 31.5 Å². The summed E-state index contributed by atoms with van der Waals surface area (Å²) in [6, 6.07) is 4.53. The minimum atomic E-state index is -4.53. The molecule has 0 amide bonds. The van der Waals surface area contributed by atoms with E-state index in [9.17, 15) is 22.8 Å². The standard InChI is InChI=1S/C19H25F3N2O2S/c1-18(2,8-10-24-9-6-7-15(17(24)26)27(4)5)14-11-13(19(20,21)22)12-23(3)16(14)25/h6-7,9,11-12,27H,8,10H2,1-5H3. The molecule has 0 aliphatic carbocycles. The molecule has 0 aromatic carbocycles. The second kappa shape index (κ2) is 7.58. The Kier molecular flexibility index (Phi) is 5.99. The Hall–Kier alpha value is -1.96. The van der Waals surface area contributed by atoms with E-state index in [0.29, 0.717) is 13.0 Å². The number of pyridine rings is 2. The summed E-state index contributed by atoms with van der Waals surface area (Å²) in [6.07, 6.45) is 2.30. The maximum atomic E-state index is 13.1. The fourth-order valence-corrected chi connectivity index (χ4v) is 3.82. The molecule has 0 atom stereocenters. The third kappa shape index (κ3) is 4.66. The van der Waals surface area contributed by atoms with E-state index in [2.05, 4.69) is 0 Å². The summed E-state index contributed by atoms with van der Waals surface area (Å²) in [4.78, 5) is 25.7. The van der Waals surface area contributed by atoms with Crippen LogP contribution in [0.1, 0.15) is 31.4 Å². The van der Waals surface area contributed by atoms with E-state index in [0.717, 1.165) is 21.7 Å². The molecule has 0 aliphatic heterocycles. The van der Waals surface area contributed by atoms with Crippen molar-refractivity contribution in [1.29, 1.82) is 0 Å². The van der Waals surface area contributed by atoms with E-state index in [-0.39, 0.29) is 11.1 Å². The maximum absolute atomic E-state index is 13.1. The minimum Gasteiger partial charge on any atom is -0.318 e. The van der Waals surface area contributed by atoms with Crippen molar-refractivity contribution in [3.63, 3.8) is 0 Å². The number of aromatic nitrogens is 2. The number of hydrogen-bond acceptors (Lipinski definition) is 2. The number of aryl methyl sites for hydroxylation is 2. The van der Waals surface area contributed by atoms with Crippen LogP contribution in [-0.4, -0.2) is 21.6 Å². The third-order valence-corrected chi connectivity index (χ3v) is 6.00. The summed E-state index contributed by atoms with van der Waals surface area (Å²) >= 11 is 0. The van der Waals surface area contributed by atoms with Crippen LogP contribution in [0.4, 0.5) is 13.2 Å². The second-order valence-corrected chi connectivity index (χ2v) is 9.75. The number of hydrogen-bond donors (Lipinski definition) is 1. The molecule has 2 rings (SSSR count). The van der Waals surface area contributed by atoms with E-state index in [1.54, 1.807) is 36.7 Å². The summed E-state index contributed by atoms with van der Waals surface area (Å²) in [5.41, 5.74) is -2.12. The van der Waals surface area contributed by atoms with Gasteiger partial charge in [0.05, 0.1) is 10.5 Å². The number of halogens is 3. The topological polar surface area (TPSA) is 44.0 Å². The molecule has 0 saturated heterocycles. The van der Waals surface area contributed by atoms with Crippen LogP contribution in [0.2, 0.25) is 0 Å². The fraction of sp³-hybridized carbons (Fsp3) is 0.474. The molecule has 2 heterocycles. The molecule has 0 spiro atoms. The zero-order valence-corrected chi connectivity index (χ0v) is 17.0. The summed E-state index contributed by atoms with van der Waals surface area (Å²) < 4.78 is 41.9. The number of thiol groups is 1. The minimum absolute atomic E-state index is 0.0821. The van der Waals surface area contributed by atoms with Gasteiger partial charge in [-0.1, -0.05) is 13.8 Å². The highest BCUT2D eigenvalue weighted by Gasteiger charge is 2.34. The zero-order chi connectivity index (χ0) is 20.6. The smallest absolute Gasteiger partial charge is 0.318 e. The first-order valence-corrected chi connectivity index (χ1v) is 10.7. The van der Waals surface area contributed by atoms with Crippen LogP contribution < -0.4 is 11.1 Å². The molecule has 150 valence electrons. The van der Waals surface area contributed by atoms with Crippen molar-refractivity contribution in [2.24, 2.45) is 7.05 Å². The van der Waals surface area contributed by atoms with E-state index in [1.807, 2.05) is 12.5 Å². The quantitative estimate of drug-likeness (QED) is 0.778. The number of rotatable bonds is 5. The highest BCUT2D eigenvalue weighted by molar-refractivity contribution is 8.15. The molecule has 0 saturated carbocycles. The normalized spacial score (nSPS) is 13.0. The van der Waals surface area contributed by atoms with Crippen LogP contribution in [0.3, 0.4) is 0 Å². The summed E-state index contributed by atoms with van der Waals surface area (Å²) in [7, 11) is 0.762. The lowest BCUT2D eigenvalue weighted by Crippen LogP contribution is -2.34. The Morgan fingerprint density at radius 1 is 1.11 bits per heavy atom. The van der Waals surface area contributed by atoms with Crippen LogP contribution in [0.15, 0.2) is 45.1 Å². The van der Waals surface area contributed by atoms with E-state index < -0.39 is 33.6 Å². The molecule has 0 radical (unpaired) electrons. The molecule has 0 unspecified atom stereocenters. The Bertz CT molecular complexity index is 943. The van der Waals surface area contributed by atoms with Crippen molar-refractivity contribution >= 4 is 10.9 Å². The molecule has 0 bridgehead atoms. The van der Waals surface area contributed by atoms with Crippen LogP contribution in [0.5, 0.6) is 0 Å². The Morgan fingerprint density at radius 3 is 2.30 bits per heavy atom. The van der Waals surface area contributed by atoms with Gasteiger partial charge in [0.2, 0.25) is 0 Å². The molecular formula is C19H25F3N2O2S. The van der Waals surface area contributed by atoms with Gasteiger partial charge in [0.25, 0.3) is 11.1 Å². The van der Waals surface area contributed by atoms with E-state index >= 15 is 0 Å². The Labute approximate surface area is 159 Å². The molecule has 4 nitrogen and oxygen atoms in total. The van der Waals surface area contributed by atoms with Crippen molar-refractivity contribution in [2.45, 2.75) is 43.3 Å². The van der Waals surface area contributed by atoms with Crippen molar-refractivity contribution < 1.29 is 13.2 Å². The van der Waals surface area contributed by atoms with Gasteiger partial charge in [0.1, 0.15) is 0 Å². The summed E-state index contributed by atoms with van der Waals surface area (Å²) in [6.45, 7) is 3.78. The number of alkyl halides is 3. The molecule has 0 N–H and O–H groups in total. The largest absolute Gasteiger partial charge is 0.417 e. The van der Waals surface area contributed by atoms with Crippen LogP contribution in [0, 0.1) is 0 Å². The number of nitrogens with zero attached hydrogens (tertiary/aromatic N) is 2. The molecule has 27 heavy (non-hydrogen) atoms. The first-order chi connectivity index (χ1) is 12.3. The molecule has 8 heteroatoms. The van der Waals surface area contributed by atoms with E-state index in [1.165, 1.54) is 7.05 Å². The van der Waals surface area contributed by atoms with Crippen molar-refractivity contribution in [1.82, 2.24) is 9.13 Å². The van der Waals surface area contributed by atoms with Gasteiger partial charge in [-0.15, -0.1) is 0 Å². The molecule has 2 aromatic rings. The Balaban J connectivity index is 2.38. The van der Waals surface area contributed by atoms with Gasteiger partial charge < -0.3 is 9.13 Å². The SMILES string of the molecule is Cn1cc(C(F)(F)F)cc(C(C)(C)CCn2cccc([SH](C)C)c2=O)c1=O. The zero-order valence-electron chi connectivity index (χ0n) is 16.1. The van der Waals surface area contributed by atoms with Crippen molar-refractivity contribution in [2.75, 3.05) is 12.5 Å². The van der Waals surface area contributed by atoms with E-state index in [4.69, 9.17) is 0 Å². The summed E-state index contributed by atoms with van der Waals surface area (Å²) in [5, 5.41) is 0. The van der Waals surface area contributed by atoms with Gasteiger partial charge in [-0.25, -0.2) is 10.9 Å². The van der Waals surface area contributed by atoms with Gasteiger partial charge in [-0.2, -0.15) is 13.2 Å². The van der Waals surface area contributed by atoms with Gasteiger partial charge in [0.15, 0.2) is 0 Å². The lowest BCUT2D eigenvalue weighted by atomic mass is 9.81. The van der Waals surface area contributed by atoms with Crippen molar-refractivity contribution in [3.8, 4) is 0 Å². The maximum Gasteiger partial charge on any atom is 0.417 e. The second-order valence-electron chi connectivity index (χ2n) is 7.48. The average Bonchev–Trinajstić information content (AvgIpc) is 2.54. The average molecular weight is 402 g/mol. The van der Waals surface area contributed by atoms with Crippen molar-refractivity contribution in [3.05, 3.63) is 62.4 Å². The summed E-state index contributed by atoms with van der Waals surface area (Å²) in [5.74, 6) is 0. The first-order valence-electron chi connectivity index (χ1n) is 8.50. The predicted octanol–water partition coefficient (Wildman–Crippen LogP) is 3.55. The van der Waals surface area contributed by atoms with Crippen LogP contribution >= 0.6 is 10.9 Å². The van der Waals surface area contributed by atoms with Gasteiger partial charge >= 0.3 is 6.18 Å². The predicted molar refractivity (Wildman–Crippen MR) is 104 cm³/mol. The highest BCUT2D eigenvalue weighted by Crippen LogP contribution is 2.32. The first kappa shape index (κ1) is 21.3. The lowest BCUT2D eigenvalue weighted by Gasteiger charge is -2.26. The molecular weight excluding hydrogens is 377 g/mol. The lowest BCUT2D eigenvalue weighted by molar-refractivity contribution is -0.138. The molecule has 0 fully saturated rings.